The SMILES string of the molecule is NNC(Cc1cccnc1N)c1cc(Cl)ccc1F. The number of hydrogen-bond donors (Lipinski definition) is 3. The number of nitrogens with zero attached hydrogens (tertiary/aromatic N) is 1. The summed E-state index contributed by atoms with van der Waals surface area (Å²) in [6.45, 7) is 0. The van der Waals surface area contributed by atoms with Crippen LogP contribution in [0.15, 0.2) is 36.5 Å². The molecular formula is C13H14ClFN4. The lowest BCUT2D eigenvalue weighted by Gasteiger charge is -2.18. The van der Waals surface area contributed by atoms with Gasteiger partial charge in [-0.05, 0) is 36.2 Å². The van der Waals surface area contributed by atoms with Crippen LogP contribution in [0.2, 0.25) is 5.02 Å². The van der Waals surface area contributed by atoms with Crippen molar-refractivity contribution in [2.75, 3.05) is 5.73 Å². The molecule has 0 aliphatic heterocycles. The number of anilines is 1. The predicted molar refractivity (Wildman–Crippen MR) is 73.8 cm³/mol. The third kappa shape index (κ3) is 3.20. The summed E-state index contributed by atoms with van der Waals surface area (Å²) in [4.78, 5) is 3.99. The number of hydrogen-bond acceptors (Lipinski definition) is 4. The first-order valence-corrected chi connectivity index (χ1v) is 6.10. The second-order valence-corrected chi connectivity index (χ2v) is 4.57. The van der Waals surface area contributed by atoms with Gasteiger partial charge >= 0.3 is 0 Å². The van der Waals surface area contributed by atoms with Crippen molar-refractivity contribution >= 4 is 17.4 Å². The largest absolute Gasteiger partial charge is 0.383 e. The van der Waals surface area contributed by atoms with Crippen LogP contribution in [0.5, 0.6) is 0 Å². The lowest BCUT2D eigenvalue weighted by Crippen LogP contribution is -2.30. The van der Waals surface area contributed by atoms with E-state index in [1.54, 1.807) is 18.3 Å². The first kappa shape index (κ1) is 13.7. The highest BCUT2D eigenvalue weighted by Gasteiger charge is 2.16. The van der Waals surface area contributed by atoms with Crippen LogP contribution >= 0.6 is 11.6 Å². The van der Waals surface area contributed by atoms with Gasteiger partial charge in [0, 0.05) is 16.8 Å². The molecule has 0 fully saturated rings. The molecule has 1 aromatic heterocycles. The Hall–Kier alpha value is -1.69. The zero-order chi connectivity index (χ0) is 13.8. The summed E-state index contributed by atoms with van der Waals surface area (Å²) in [5.41, 5.74) is 9.55. The highest BCUT2D eigenvalue weighted by atomic mass is 35.5. The van der Waals surface area contributed by atoms with E-state index >= 15 is 0 Å². The number of hydrazine groups is 1. The summed E-state index contributed by atoms with van der Waals surface area (Å²) < 4.78 is 13.8. The number of aromatic nitrogens is 1. The molecule has 0 saturated carbocycles. The van der Waals surface area contributed by atoms with Crippen molar-refractivity contribution in [2.24, 2.45) is 5.84 Å². The minimum Gasteiger partial charge on any atom is -0.383 e. The maximum Gasteiger partial charge on any atom is 0.128 e. The lowest BCUT2D eigenvalue weighted by molar-refractivity contribution is 0.510. The lowest BCUT2D eigenvalue weighted by atomic mass is 9.99. The first-order valence-electron chi connectivity index (χ1n) is 5.72. The highest BCUT2D eigenvalue weighted by Crippen LogP contribution is 2.25. The van der Waals surface area contributed by atoms with Crippen LogP contribution in [0.4, 0.5) is 10.2 Å². The van der Waals surface area contributed by atoms with Gasteiger partial charge in [0.1, 0.15) is 11.6 Å². The van der Waals surface area contributed by atoms with Crippen LogP contribution in [0, 0.1) is 5.82 Å². The fourth-order valence-electron chi connectivity index (χ4n) is 1.88. The number of nitrogens with one attached hydrogen (secondary N) is 1. The number of halogens is 2. The summed E-state index contributed by atoms with van der Waals surface area (Å²) in [6, 6.07) is 7.53. The van der Waals surface area contributed by atoms with Crippen LogP contribution in [-0.4, -0.2) is 4.98 Å². The van der Waals surface area contributed by atoms with Crippen molar-refractivity contribution in [3.8, 4) is 0 Å². The first-order chi connectivity index (χ1) is 9.11. The maximum absolute atomic E-state index is 13.8. The van der Waals surface area contributed by atoms with Crippen molar-refractivity contribution in [3.63, 3.8) is 0 Å². The number of rotatable bonds is 4. The van der Waals surface area contributed by atoms with E-state index in [1.807, 2.05) is 6.07 Å². The summed E-state index contributed by atoms with van der Waals surface area (Å²) in [6.07, 6.45) is 2.02. The second kappa shape index (κ2) is 5.97. The van der Waals surface area contributed by atoms with Gasteiger partial charge in [-0.1, -0.05) is 17.7 Å². The average Bonchev–Trinajstić information content (AvgIpc) is 2.41. The number of nitrogens with two attached hydrogens (primary N) is 2. The van der Waals surface area contributed by atoms with Gasteiger partial charge in [0.2, 0.25) is 0 Å². The van der Waals surface area contributed by atoms with E-state index in [1.165, 1.54) is 12.1 Å². The van der Waals surface area contributed by atoms with Gasteiger partial charge in [0.05, 0.1) is 6.04 Å². The van der Waals surface area contributed by atoms with Crippen molar-refractivity contribution in [3.05, 3.63) is 58.5 Å². The Balaban J connectivity index is 2.30. The Labute approximate surface area is 115 Å². The molecule has 6 heteroatoms. The molecule has 1 aromatic carbocycles. The monoisotopic (exact) mass is 280 g/mol. The van der Waals surface area contributed by atoms with E-state index in [9.17, 15) is 4.39 Å². The Bertz CT molecular complexity index is 576. The summed E-state index contributed by atoms with van der Waals surface area (Å²) in [7, 11) is 0. The minimum absolute atomic E-state index is 0.366. The van der Waals surface area contributed by atoms with E-state index in [0.717, 1.165) is 5.56 Å². The molecule has 100 valence electrons. The van der Waals surface area contributed by atoms with Gasteiger partial charge in [-0.25, -0.2) is 9.37 Å². The van der Waals surface area contributed by atoms with Crippen LogP contribution in [0.3, 0.4) is 0 Å². The van der Waals surface area contributed by atoms with Gasteiger partial charge in [-0.2, -0.15) is 0 Å². The van der Waals surface area contributed by atoms with Gasteiger partial charge < -0.3 is 5.73 Å². The second-order valence-electron chi connectivity index (χ2n) is 4.14. The third-order valence-corrected chi connectivity index (χ3v) is 3.12. The normalized spacial score (nSPS) is 12.4. The summed E-state index contributed by atoms with van der Waals surface area (Å²) in [5, 5.41) is 0.454. The number of pyridine rings is 1. The summed E-state index contributed by atoms with van der Waals surface area (Å²) in [5.74, 6) is 5.54. The molecule has 0 amide bonds. The van der Waals surface area contributed by atoms with Crippen LogP contribution in [0.1, 0.15) is 17.2 Å². The average molecular weight is 281 g/mol. The smallest absolute Gasteiger partial charge is 0.128 e. The molecule has 0 aliphatic rings. The quantitative estimate of drug-likeness (QED) is 0.593. The molecule has 2 aromatic rings. The Morgan fingerprint density at radius 1 is 1.37 bits per heavy atom. The maximum atomic E-state index is 13.8. The molecule has 5 N–H and O–H groups in total. The third-order valence-electron chi connectivity index (χ3n) is 2.88. The topological polar surface area (TPSA) is 77.0 Å². The van der Waals surface area contributed by atoms with Gasteiger partial charge in [0.15, 0.2) is 0 Å². The van der Waals surface area contributed by atoms with Crippen LogP contribution in [0.25, 0.3) is 0 Å². The van der Waals surface area contributed by atoms with E-state index in [4.69, 9.17) is 23.2 Å². The van der Waals surface area contributed by atoms with Crippen molar-refractivity contribution in [1.82, 2.24) is 10.4 Å². The van der Waals surface area contributed by atoms with Crippen LogP contribution < -0.4 is 17.0 Å². The van der Waals surface area contributed by atoms with Gasteiger partial charge in [-0.3, -0.25) is 11.3 Å². The van der Waals surface area contributed by atoms with E-state index in [-0.39, 0.29) is 5.82 Å². The molecule has 1 heterocycles. The molecule has 19 heavy (non-hydrogen) atoms. The molecule has 4 nitrogen and oxygen atoms in total. The zero-order valence-corrected chi connectivity index (χ0v) is 10.9. The van der Waals surface area contributed by atoms with Crippen molar-refractivity contribution < 1.29 is 4.39 Å². The Morgan fingerprint density at radius 3 is 2.84 bits per heavy atom. The Morgan fingerprint density at radius 2 is 2.16 bits per heavy atom. The predicted octanol–water partition coefficient (Wildman–Crippen LogP) is 2.20. The fourth-order valence-corrected chi connectivity index (χ4v) is 2.06. The number of nitrogen functional groups attached to an aromatic ring is 1. The van der Waals surface area contributed by atoms with Crippen LogP contribution in [-0.2, 0) is 6.42 Å². The Kier molecular flexibility index (Phi) is 4.31. The molecule has 1 unspecified atom stereocenters. The highest BCUT2D eigenvalue weighted by molar-refractivity contribution is 6.30. The van der Waals surface area contributed by atoms with Crippen molar-refractivity contribution in [2.45, 2.75) is 12.5 Å². The van der Waals surface area contributed by atoms with E-state index in [2.05, 4.69) is 10.4 Å². The fraction of sp³-hybridized carbons (Fsp3) is 0.154. The molecule has 0 radical (unpaired) electrons. The van der Waals surface area contributed by atoms with E-state index < -0.39 is 6.04 Å². The molecular weight excluding hydrogens is 267 g/mol. The zero-order valence-electron chi connectivity index (χ0n) is 10.1. The standard InChI is InChI=1S/C13H14ClFN4/c14-9-3-4-11(15)10(7-9)12(19-17)6-8-2-1-5-18-13(8)16/h1-5,7,12,19H,6,17H2,(H2,16,18). The van der Waals surface area contributed by atoms with E-state index in [0.29, 0.717) is 22.8 Å². The number of benzene rings is 1. The van der Waals surface area contributed by atoms with Gasteiger partial charge in [0.25, 0.3) is 0 Å². The summed E-state index contributed by atoms with van der Waals surface area (Å²) >= 11 is 5.88. The molecule has 0 saturated heterocycles. The molecule has 2 rings (SSSR count). The molecule has 0 aliphatic carbocycles. The van der Waals surface area contributed by atoms with Gasteiger partial charge in [-0.15, -0.1) is 0 Å². The minimum atomic E-state index is -0.426. The molecule has 0 spiro atoms. The molecule has 0 bridgehead atoms. The van der Waals surface area contributed by atoms with Crippen molar-refractivity contribution in [1.29, 1.82) is 0 Å². The molecule has 1 atom stereocenters.